The Labute approximate surface area is 143 Å². The number of hydrogen-bond donors (Lipinski definition) is 1. The van der Waals surface area contributed by atoms with Crippen molar-refractivity contribution < 1.29 is 4.79 Å². The van der Waals surface area contributed by atoms with Crippen LogP contribution >= 0.6 is 0 Å². The lowest BCUT2D eigenvalue weighted by molar-refractivity contribution is -0.132. The van der Waals surface area contributed by atoms with Gasteiger partial charge in [-0.05, 0) is 24.6 Å². The number of fused-ring (bicyclic) bond motifs is 1. The molecule has 1 aromatic carbocycles. The summed E-state index contributed by atoms with van der Waals surface area (Å²) in [5, 5.41) is 0. The van der Waals surface area contributed by atoms with Crippen molar-refractivity contribution >= 4 is 16.9 Å². The molecule has 7 heteroatoms. The molecule has 0 saturated carbocycles. The lowest BCUT2D eigenvalue weighted by Gasteiger charge is -2.21. The lowest BCUT2D eigenvalue weighted by atomic mass is 10.2. The van der Waals surface area contributed by atoms with Crippen LogP contribution < -0.4 is 11.2 Å². The quantitative estimate of drug-likeness (QED) is 0.755. The summed E-state index contributed by atoms with van der Waals surface area (Å²) >= 11 is 0. The van der Waals surface area contributed by atoms with E-state index in [1.54, 1.807) is 17.0 Å². The Balaban J connectivity index is 1.88. The monoisotopic (exact) mass is 338 g/mol. The third-order valence-electron chi connectivity index (χ3n) is 3.99. The molecular formula is C18H18N4O3. The van der Waals surface area contributed by atoms with Gasteiger partial charge >= 0.3 is 5.69 Å². The summed E-state index contributed by atoms with van der Waals surface area (Å²) in [4.78, 5) is 45.4. The van der Waals surface area contributed by atoms with E-state index in [1.807, 2.05) is 37.3 Å². The van der Waals surface area contributed by atoms with Crippen molar-refractivity contribution in [3.05, 3.63) is 75.1 Å². The highest BCUT2D eigenvalue weighted by Gasteiger charge is 2.16. The zero-order valence-corrected chi connectivity index (χ0v) is 13.8. The van der Waals surface area contributed by atoms with Crippen LogP contribution in [0.5, 0.6) is 0 Å². The smallest absolute Gasteiger partial charge is 0.329 e. The second kappa shape index (κ2) is 7.12. The summed E-state index contributed by atoms with van der Waals surface area (Å²) in [6, 6.07) is 12.8. The second-order valence-corrected chi connectivity index (χ2v) is 5.61. The summed E-state index contributed by atoms with van der Waals surface area (Å²) < 4.78 is 0.894. The van der Waals surface area contributed by atoms with Crippen LogP contribution in [0.25, 0.3) is 11.0 Å². The Morgan fingerprint density at radius 3 is 2.64 bits per heavy atom. The third kappa shape index (κ3) is 3.50. The van der Waals surface area contributed by atoms with E-state index in [-0.39, 0.29) is 18.0 Å². The zero-order valence-electron chi connectivity index (χ0n) is 13.8. The van der Waals surface area contributed by atoms with E-state index >= 15 is 0 Å². The molecule has 0 spiro atoms. The minimum atomic E-state index is -0.616. The van der Waals surface area contributed by atoms with E-state index in [1.165, 1.54) is 6.20 Å². The van der Waals surface area contributed by atoms with Gasteiger partial charge in [-0.15, -0.1) is 0 Å². The molecule has 0 aliphatic heterocycles. The van der Waals surface area contributed by atoms with Gasteiger partial charge in [0, 0.05) is 19.3 Å². The van der Waals surface area contributed by atoms with Gasteiger partial charge in [-0.2, -0.15) is 0 Å². The summed E-state index contributed by atoms with van der Waals surface area (Å²) in [6.07, 6.45) is 1.47. The van der Waals surface area contributed by atoms with Crippen molar-refractivity contribution in [1.82, 2.24) is 19.4 Å². The van der Waals surface area contributed by atoms with Gasteiger partial charge in [0.15, 0.2) is 5.52 Å². The van der Waals surface area contributed by atoms with Crippen molar-refractivity contribution in [2.45, 2.75) is 20.0 Å². The van der Waals surface area contributed by atoms with E-state index in [9.17, 15) is 14.4 Å². The first kappa shape index (κ1) is 16.6. The number of H-pyrrole nitrogens is 1. The van der Waals surface area contributed by atoms with Gasteiger partial charge in [-0.1, -0.05) is 30.3 Å². The summed E-state index contributed by atoms with van der Waals surface area (Å²) in [5.74, 6) is -0.297. The van der Waals surface area contributed by atoms with Gasteiger partial charge in [0.25, 0.3) is 5.56 Å². The highest BCUT2D eigenvalue weighted by atomic mass is 16.2. The fraction of sp³-hybridized carbons (Fsp3) is 0.222. The molecule has 7 nitrogen and oxygen atoms in total. The number of carbonyl (C=O) groups is 1. The van der Waals surface area contributed by atoms with Gasteiger partial charge in [0.05, 0.1) is 5.52 Å². The van der Waals surface area contributed by atoms with E-state index in [4.69, 9.17) is 0 Å². The Bertz CT molecular complexity index is 1010. The van der Waals surface area contributed by atoms with Crippen LogP contribution in [-0.2, 0) is 17.9 Å². The van der Waals surface area contributed by atoms with Crippen LogP contribution in [0.2, 0.25) is 0 Å². The molecule has 0 atom stereocenters. The molecule has 0 aliphatic rings. The number of aromatic nitrogens is 3. The largest absolute Gasteiger partial charge is 0.337 e. The van der Waals surface area contributed by atoms with Crippen LogP contribution in [0.1, 0.15) is 12.5 Å². The zero-order chi connectivity index (χ0) is 17.8. The molecule has 0 radical (unpaired) electrons. The van der Waals surface area contributed by atoms with Crippen molar-refractivity contribution in [3.8, 4) is 0 Å². The van der Waals surface area contributed by atoms with Gasteiger partial charge in [0.1, 0.15) is 6.54 Å². The van der Waals surface area contributed by atoms with Gasteiger partial charge < -0.3 is 9.88 Å². The highest BCUT2D eigenvalue weighted by molar-refractivity contribution is 5.77. The molecule has 3 aromatic rings. The summed E-state index contributed by atoms with van der Waals surface area (Å²) in [5.41, 5.74) is 0.302. The number of carbonyl (C=O) groups excluding carboxylic acids is 1. The number of nitrogens with zero attached hydrogens (tertiary/aromatic N) is 3. The van der Waals surface area contributed by atoms with E-state index < -0.39 is 11.2 Å². The van der Waals surface area contributed by atoms with E-state index in [0.717, 1.165) is 10.1 Å². The van der Waals surface area contributed by atoms with Gasteiger partial charge in [-0.25, -0.2) is 14.3 Å². The lowest BCUT2D eigenvalue weighted by Crippen LogP contribution is -2.42. The molecule has 0 aliphatic carbocycles. The molecule has 0 unspecified atom stereocenters. The van der Waals surface area contributed by atoms with Gasteiger partial charge in [0.2, 0.25) is 5.91 Å². The highest BCUT2D eigenvalue weighted by Crippen LogP contribution is 2.05. The topological polar surface area (TPSA) is 88.1 Å². The second-order valence-electron chi connectivity index (χ2n) is 5.61. The van der Waals surface area contributed by atoms with Crippen LogP contribution in [0.15, 0.2) is 58.3 Å². The summed E-state index contributed by atoms with van der Waals surface area (Å²) in [6.45, 7) is 2.44. The first-order chi connectivity index (χ1) is 12.1. The summed E-state index contributed by atoms with van der Waals surface area (Å²) in [7, 11) is 0. The van der Waals surface area contributed by atoms with Crippen LogP contribution in [0.4, 0.5) is 0 Å². The van der Waals surface area contributed by atoms with Gasteiger partial charge in [-0.3, -0.25) is 9.59 Å². The third-order valence-corrected chi connectivity index (χ3v) is 3.99. The van der Waals surface area contributed by atoms with Crippen LogP contribution in [-0.4, -0.2) is 31.9 Å². The van der Waals surface area contributed by atoms with Crippen molar-refractivity contribution in [2.24, 2.45) is 0 Å². The SMILES string of the molecule is CCN(Cc1ccccc1)C(=O)Cn1c(=O)[nH]c2cccnc2c1=O. The normalized spacial score (nSPS) is 10.8. The number of nitrogens with one attached hydrogen (secondary N) is 1. The molecule has 1 N–H and O–H groups in total. The molecule has 128 valence electrons. The standard InChI is InChI=1S/C18H18N4O3/c1-2-21(11-13-7-4-3-5-8-13)15(23)12-22-17(24)16-14(20-18(22)25)9-6-10-19-16/h3-10H,2,11-12H2,1H3,(H,20,25). The molecule has 0 bridgehead atoms. The Morgan fingerprint density at radius 2 is 1.92 bits per heavy atom. The number of pyridine rings is 1. The Hall–Kier alpha value is -3.22. The molecule has 25 heavy (non-hydrogen) atoms. The number of aromatic amines is 1. The predicted octanol–water partition coefficient (Wildman–Crippen LogP) is 1.13. The maximum Gasteiger partial charge on any atom is 0.329 e. The molecule has 2 heterocycles. The molecule has 0 fully saturated rings. The van der Waals surface area contributed by atoms with E-state index in [0.29, 0.717) is 18.6 Å². The molecule has 0 saturated heterocycles. The van der Waals surface area contributed by atoms with Crippen LogP contribution in [0.3, 0.4) is 0 Å². The Kier molecular flexibility index (Phi) is 4.74. The number of hydrogen-bond acceptors (Lipinski definition) is 4. The minimum Gasteiger partial charge on any atom is -0.337 e. The average molecular weight is 338 g/mol. The molecular weight excluding hydrogens is 320 g/mol. The maximum absolute atomic E-state index is 12.6. The molecule has 1 amide bonds. The number of likely N-dealkylation sites (N-methyl/N-ethyl adjacent to an activating group) is 1. The first-order valence-corrected chi connectivity index (χ1v) is 7.99. The Morgan fingerprint density at radius 1 is 1.16 bits per heavy atom. The number of amides is 1. The molecule has 3 rings (SSSR count). The first-order valence-electron chi connectivity index (χ1n) is 7.99. The predicted molar refractivity (Wildman–Crippen MR) is 94.2 cm³/mol. The minimum absolute atomic E-state index is 0.140. The van der Waals surface area contributed by atoms with Crippen LogP contribution in [0, 0.1) is 0 Å². The fourth-order valence-electron chi connectivity index (χ4n) is 2.64. The van der Waals surface area contributed by atoms with Crippen molar-refractivity contribution in [1.29, 1.82) is 0 Å². The van der Waals surface area contributed by atoms with E-state index in [2.05, 4.69) is 9.97 Å². The van der Waals surface area contributed by atoms with Crippen molar-refractivity contribution in [3.63, 3.8) is 0 Å². The average Bonchev–Trinajstić information content (AvgIpc) is 2.64. The number of benzene rings is 1. The maximum atomic E-state index is 12.6. The molecule has 2 aromatic heterocycles. The van der Waals surface area contributed by atoms with Crippen molar-refractivity contribution in [2.75, 3.05) is 6.54 Å². The fourth-order valence-corrected chi connectivity index (χ4v) is 2.64. The number of rotatable bonds is 5.